The first-order valence-electron chi connectivity index (χ1n) is 7.02. The van der Waals surface area contributed by atoms with Crippen molar-refractivity contribution in [2.45, 2.75) is 20.4 Å². The molecule has 0 unspecified atom stereocenters. The Labute approximate surface area is 124 Å². The minimum Gasteiger partial charge on any atom is -0.340 e. The highest BCUT2D eigenvalue weighted by Gasteiger charge is 2.16. The Morgan fingerprint density at radius 1 is 1.05 bits per heavy atom. The molecule has 0 amide bonds. The third-order valence-corrected chi connectivity index (χ3v) is 3.41. The van der Waals surface area contributed by atoms with Crippen LogP contribution in [0.1, 0.15) is 18.1 Å². The molecular weight excluding hydrogens is 270 g/mol. The number of hydrogen-bond donors (Lipinski definition) is 1. The molecule has 2 aromatic carbocycles. The van der Waals surface area contributed by atoms with Crippen molar-refractivity contribution in [2.75, 3.05) is 18.5 Å². The van der Waals surface area contributed by atoms with Crippen LogP contribution in [0.25, 0.3) is 0 Å². The molecule has 21 heavy (non-hydrogen) atoms. The van der Waals surface area contributed by atoms with Gasteiger partial charge < -0.3 is 10.2 Å². The maximum absolute atomic E-state index is 14.2. The number of nitrogens with zero attached hydrogens (tertiary/aromatic N) is 1. The molecule has 0 atom stereocenters. The Bertz CT molecular complexity index is 586. The van der Waals surface area contributed by atoms with Crippen LogP contribution in [0.2, 0.25) is 0 Å². The first-order chi connectivity index (χ1) is 10.0. The average molecular weight is 290 g/mol. The molecule has 1 N–H and O–H groups in total. The average Bonchev–Trinajstić information content (AvgIpc) is 2.45. The second-order valence-corrected chi connectivity index (χ2v) is 5.08. The van der Waals surface area contributed by atoms with Crippen LogP contribution in [-0.4, -0.2) is 13.6 Å². The predicted molar refractivity (Wildman–Crippen MR) is 83.0 cm³/mol. The number of rotatable bonds is 5. The van der Waals surface area contributed by atoms with Crippen LogP contribution >= 0.6 is 0 Å². The first-order valence-corrected chi connectivity index (χ1v) is 7.02. The topological polar surface area (TPSA) is 15.3 Å². The van der Waals surface area contributed by atoms with Gasteiger partial charge in [0.2, 0.25) is 0 Å². The van der Waals surface area contributed by atoms with E-state index in [9.17, 15) is 8.78 Å². The SMILES string of the molecule is CCNCc1cc(F)c(N(C)c2ccc(C)cc2)c(F)c1. The third kappa shape index (κ3) is 3.58. The Hall–Kier alpha value is -1.94. The van der Waals surface area contributed by atoms with Gasteiger partial charge in [-0.1, -0.05) is 24.6 Å². The van der Waals surface area contributed by atoms with Gasteiger partial charge in [-0.3, -0.25) is 0 Å². The van der Waals surface area contributed by atoms with Gasteiger partial charge in [-0.25, -0.2) is 8.78 Å². The van der Waals surface area contributed by atoms with Crippen molar-refractivity contribution in [1.82, 2.24) is 5.32 Å². The lowest BCUT2D eigenvalue weighted by Crippen LogP contribution is -2.16. The van der Waals surface area contributed by atoms with Crippen LogP contribution < -0.4 is 10.2 Å². The van der Waals surface area contributed by atoms with E-state index in [4.69, 9.17) is 0 Å². The fourth-order valence-electron chi connectivity index (χ4n) is 2.21. The third-order valence-electron chi connectivity index (χ3n) is 3.41. The lowest BCUT2D eigenvalue weighted by atomic mass is 10.1. The standard InChI is InChI=1S/C17H20F2N2/c1-4-20-11-13-9-15(18)17(16(19)10-13)21(3)14-7-5-12(2)6-8-14/h5-10,20H,4,11H2,1-3H3. The molecular formula is C17H20F2N2. The maximum atomic E-state index is 14.2. The molecule has 0 aromatic heterocycles. The summed E-state index contributed by atoms with van der Waals surface area (Å²) in [5, 5.41) is 3.06. The van der Waals surface area contributed by atoms with Gasteiger partial charge in [0.05, 0.1) is 0 Å². The summed E-state index contributed by atoms with van der Waals surface area (Å²) in [4.78, 5) is 1.53. The summed E-state index contributed by atoms with van der Waals surface area (Å²) < 4.78 is 28.5. The van der Waals surface area contributed by atoms with Crippen LogP contribution in [0.5, 0.6) is 0 Å². The van der Waals surface area contributed by atoms with Crippen LogP contribution in [0.15, 0.2) is 36.4 Å². The van der Waals surface area contributed by atoms with Gasteiger partial charge >= 0.3 is 0 Å². The molecule has 0 spiro atoms. The molecule has 2 rings (SSSR count). The van der Waals surface area contributed by atoms with E-state index < -0.39 is 11.6 Å². The van der Waals surface area contributed by atoms with Gasteiger partial charge in [0, 0.05) is 19.3 Å². The van der Waals surface area contributed by atoms with Crippen LogP contribution in [0.3, 0.4) is 0 Å². The molecule has 4 heteroatoms. The van der Waals surface area contributed by atoms with E-state index in [-0.39, 0.29) is 5.69 Å². The highest BCUT2D eigenvalue weighted by Crippen LogP contribution is 2.30. The number of hydrogen-bond acceptors (Lipinski definition) is 2. The van der Waals surface area contributed by atoms with E-state index >= 15 is 0 Å². The molecule has 0 fully saturated rings. The second-order valence-electron chi connectivity index (χ2n) is 5.08. The normalized spacial score (nSPS) is 10.7. The van der Waals surface area contributed by atoms with Crippen molar-refractivity contribution in [3.05, 3.63) is 59.2 Å². The summed E-state index contributed by atoms with van der Waals surface area (Å²) in [6, 6.07) is 10.3. The van der Waals surface area contributed by atoms with Crippen molar-refractivity contribution in [1.29, 1.82) is 0 Å². The number of anilines is 2. The molecule has 2 aromatic rings. The minimum atomic E-state index is -0.550. The number of nitrogens with one attached hydrogen (secondary N) is 1. The van der Waals surface area contributed by atoms with Gasteiger partial charge in [0.1, 0.15) is 17.3 Å². The number of halogens is 2. The molecule has 0 aliphatic heterocycles. The Morgan fingerprint density at radius 3 is 2.14 bits per heavy atom. The summed E-state index contributed by atoms with van der Waals surface area (Å²) in [6.45, 7) is 5.14. The maximum Gasteiger partial charge on any atom is 0.150 e. The van der Waals surface area contributed by atoms with Crippen LogP contribution in [-0.2, 0) is 6.54 Å². The Balaban J connectivity index is 2.32. The molecule has 0 radical (unpaired) electrons. The summed E-state index contributed by atoms with van der Waals surface area (Å²) in [7, 11) is 1.66. The van der Waals surface area contributed by atoms with Gasteiger partial charge in [-0.15, -0.1) is 0 Å². The lowest BCUT2D eigenvalue weighted by Gasteiger charge is -2.21. The molecule has 0 saturated heterocycles. The summed E-state index contributed by atoms with van der Waals surface area (Å²) in [6.07, 6.45) is 0. The summed E-state index contributed by atoms with van der Waals surface area (Å²) in [5.74, 6) is -1.10. The molecule has 0 aliphatic rings. The molecule has 112 valence electrons. The fraction of sp³-hybridized carbons (Fsp3) is 0.294. The predicted octanol–water partition coefficient (Wildman–Crippen LogP) is 4.15. The highest BCUT2D eigenvalue weighted by molar-refractivity contribution is 5.64. The lowest BCUT2D eigenvalue weighted by molar-refractivity contribution is 0.577. The van der Waals surface area contributed by atoms with Crippen LogP contribution in [0.4, 0.5) is 20.2 Å². The van der Waals surface area contributed by atoms with E-state index in [0.717, 1.165) is 17.8 Å². The van der Waals surface area contributed by atoms with Crippen molar-refractivity contribution in [3.63, 3.8) is 0 Å². The second kappa shape index (κ2) is 6.68. The zero-order chi connectivity index (χ0) is 15.4. The van der Waals surface area contributed by atoms with E-state index in [1.165, 1.54) is 17.0 Å². The highest BCUT2D eigenvalue weighted by atomic mass is 19.1. The van der Waals surface area contributed by atoms with Crippen molar-refractivity contribution < 1.29 is 8.78 Å². The van der Waals surface area contributed by atoms with Crippen LogP contribution in [0, 0.1) is 18.6 Å². The molecule has 0 bridgehead atoms. The zero-order valence-electron chi connectivity index (χ0n) is 12.6. The smallest absolute Gasteiger partial charge is 0.150 e. The Morgan fingerprint density at radius 2 is 1.62 bits per heavy atom. The van der Waals surface area contributed by atoms with Gasteiger partial charge in [-0.2, -0.15) is 0 Å². The van der Waals surface area contributed by atoms with E-state index in [1.807, 2.05) is 38.1 Å². The fourth-order valence-corrected chi connectivity index (χ4v) is 2.21. The summed E-state index contributed by atoms with van der Waals surface area (Å²) >= 11 is 0. The van der Waals surface area contributed by atoms with Gasteiger partial charge in [0.15, 0.2) is 0 Å². The minimum absolute atomic E-state index is 0.0286. The zero-order valence-corrected chi connectivity index (χ0v) is 12.6. The van der Waals surface area contributed by atoms with E-state index in [0.29, 0.717) is 12.1 Å². The van der Waals surface area contributed by atoms with E-state index in [2.05, 4.69) is 5.32 Å². The molecule has 2 nitrogen and oxygen atoms in total. The van der Waals surface area contributed by atoms with Gasteiger partial charge in [-0.05, 0) is 43.3 Å². The summed E-state index contributed by atoms with van der Waals surface area (Å²) in [5.41, 5.74) is 2.43. The molecule has 0 heterocycles. The number of benzene rings is 2. The van der Waals surface area contributed by atoms with Crippen molar-refractivity contribution in [2.24, 2.45) is 0 Å². The van der Waals surface area contributed by atoms with Crippen molar-refractivity contribution in [3.8, 4) is 0 Å². The van der Waals surface area contributed by atoms with Gasteiger partial charge in [0.25, 0.3) is 0 Å². The molecule has 0 aliphatic carbocycles. The quantitative estimate of drug-likeness (QED) is 0.890. The van der Waals surface area contributed by atoms with Crippen molar-refractivity contribution >= 4 is 11.4 Å². The van der Waals surface area contributed by atoms with E-state index in [1.54, 1.807) is 7.05 Å². The monoisotopic (exact) mass is 290 g/mol. The number of aryl methyl sites for hydroxylation is 1. The Kier molecular flexibility index (Phi) is 4.91. The molecule has 0 saturated carbocycles. The largest absolute Gasteiger partial charge is 0.340 e. The first kappa shape index (κ1) is 15.4.